The van der Waals surface area contributed by atoms with Crippen molar-refractivity contribution in [2.75, 3.05) is 11.9 Å². The summed E-state index contributed by atoms with van der Waals surface area (Å²) < 4.78 is 47.7. The summed E-state index contributed by atoms with van der Waals surface area (Å²) in [6.45, 7) is 0.774. The Morgan fingerprint density at radius 2 is 1.96 bits per heavy atom. The van der Waals surface area contributed by atoms with Gasteiger partial charge in [-0.3, -0.25) is 0 Å². The molecule has 0 fully saturated rings. The minimum atomic E-state index is -4.71. The minimum Gasteiger partial charge on any atom is -0.463 e. The van der Waals surface area contributed by atoms with Crippen LogP contribution in [0.5, 0.6) is 5.75 Å². The molecule has 0 atom stereocenters. The van der Waals surface area contributed by atoms with Gasteiger partial charge in [-0.2, -0.15) is 5.10 Å². The maximum absolute atomic E-state index is 12.2. The first-order chi connectivity index (χ1) is 11.5. The highest BCUT2D eigenvalue weighted by molar-refractivity contribution is 5.69. The fourth-order valence-corrected chi connectivity index (χ4v) is 2.76. The number of hydrogen-bond donors (Lipinski definition) is 1. The number of halogens is 3. The molecule has 0 unspecified atom stereocenters. The normalized spacial score (nSPS) is 13.6. The number of furan rings is 1. The van der Waals surface area contributed by atoms with Crippen molar-refractivity contribution in [1.82, 2.24) is 9.78 Å². The predicted octanol–water partition coefficient (Wildman–Crippen LogP) is 4.00. The number of rotatable bonds is 3. The summed E-state index contributed by atoms with van der Waals surface area (Å²) in [5, 5.41) is 7.80. The van der Waals surface area contributed by atoms with E-state index >= 15 is 0 Å². The first-order valence-electron chi connectivity index (χ1n) is 7.27. The summed E-state index contributed by atoms with van der Waals surface area (Å²) in [5.74, 6) is 1.21. The molecule has 1 N–H and O–H groups in total. The number of aromatic nitrogens is 2. The van der Waals surface area contributed by atoms with Gasteiger partial charge in [0.25, 0.3) is 0 Å². The quantitative estimate of drug-likeness (QED) is 0.786. The van der Waals surface area contributed by atoms with E-state index in [9.17, 15) is 13.2 Å². The molecule has 4 rings (SSSR count). The SMILES string of the molecule is FC(F)(F)Oc1ccc(-n2nc(-c3ccco3)c3c2NCC3)cc1. The fraction of sp³-hybridized carbons (Fsp3) is 0.188. The van der Waals surface area contributed by atoms with Gasteiger partial charge in [0.15, 0.2) is 5.76 Å². The third-order valence-electron chi connectivity index (χ3n) is 3.72. The molecule has 24 heavy (non-hydrogen) atoms. The highest BCUT2D eigenvalue weighted by Gasteiger charge is 2.31. The van der Waals surface area contributed by atoms with Gasteiger partial charge in [-0.15, -0.1) is 13.2 Å². The molecule has 1 aliphatic rings. The van der Waals surface area contributed by atoms with Crippen molar-refractivity contribution in [3.05, 3.63) is 48.2 Å². The van der Waals surface area contributed by atoms with Crippen molar-refractivity contribution in [3.63, 3.8) is 0 Å². The number of anilines is 1. The van der Waals surface area contributed by atoms with Crippen molar-refractivity contribution >= 4 is 5.82 Å². The molecule has 0 bridgehead atoms. The Balaban J connectivity index is 1.71. The van der Waals surface area contributed by atoms with Crippen LogP contribution in [0.1, 0.15) is 5.56 Å². The molecule has 0 amide bonds. The Morgan fingerprint density at radius 1 is 1.17 bits per heavy atom. The maximum atomic E-state index is 12.2. The average Bonchev–Trinajstić information content (AvgIpc) is 3.24. The van der Waals surface area contributed by atoms with Crippen LogP contribution in [-0.2, 0) is 6.42 Å². The second kappa shape index (κ2) is 5.33. The van der Waals surface area contributed by atoms with Crippen LogP contribution in [0.4, 0.5) is 19.0 Å². The lowest BCUT2D eigenvalue weighted by Crippen LogP contribution is -2.17. The lowest BCUT2D eigenvalue weighted by Gasteiger charge is -2.10. The Morgan fingerprint density at radius 3 is 2.62 bits per heavy atom. The number of benzene rings is 1. The number of alkyl halides is 3. The molecule has 0 spiro atoms. The topological polar surface area (TPSA) is 52.2 Å². The Hall–Kier alpha value is -2.90. The van der Waals surface area contributed by atoms with Gasteiger partial charge in [0.1, 0.15) is 17.3 Å². The van der Waals surface area contributed by atoms with Gasteiger partial charge in [-0.25, -0.2) is 4.68 Å². The van der Waals surface area contributed by atoms with E-state index in [-0.39, 0.29) is 5.75 Å². The van der Waals surface area contributed by atoms with Crippen LogP contribution in [0.3, 0.4) is 0 Å². The van der Waals surface area contributed by atoms with Crippen LogP contribution in [0, 0.1) is 0 Å². The van der Waals surface area contributed by atoms with E-state index in [4.69, 9.17) is 4.42 Å². The van der Waals surface area contributed by atoms with Gasteiger partial charge in [0.05, 0.1) is 12.0 Å². The first kappa shape index (κ1) is 14.7. The van der Waals surface area contributed by atoms with Crippen molar-refractivity contribution in [1.29, 1.82) is 0 Å². The summed E-state index contributed by atoms with van der Waals surface area (Å²) in [4.78, 5) is 0. The van der Waals surface area contributed by atoms with Crippen LogP contribution in [0.15, 0.2) is 47.1 Å². The van der Waals surface area contributed by atoms with Gasteiger partial charge in [-0.1, -0.05) is 0 Å². The fourth-order valence-electron chi connectivity index (χ4n) is 2.76. The Kier molecular flexibility index (Phi) is 3.26. The number of nitrogens with zero attached hydrogens (tertiary/aromatic N) is 2. The summed E-state index contributed by atoms with van der Waals surface area (Å²) >= 11 is 0. The second-order valence-electron chi connectivity index (χ2n) is 5.28. The van der Waals surface area contributed by atoms with Gasteiger partial charge in [0.2, 0.25) is 0 Å². The van der Waals surface area contributed by atoms with Crippen LogP contribution in [0.25, 0.3) is 17.1 Å². The lowest BCUT2D eigenvalue weighted by atomic mass is 10.2. The number of ether oxygens (including phenoxy) is 1. The van der Waals surface area contributed by atoms with Crippen molar-refractivity contribution in [3.8, 4) is 22.9 Å². The van der Waals surface area contributed by atoms with Gasteiger partial charge >= 0.3 is 6.36 Å². The average molecular weight is 335 g/mol. The summed E-state index contributed by atoms with van der Waals surface area (Å²) in [7, 11) is 0. The van der Waals surface area contributed by atoms with E-state index in [0.29, 0.717) is 11.4 Å². The maximum Gasteiger partial charge on any atom is 0.573 e. The Labute approximate surface area is 134 Å². The summed E-state index contributed by atoms with van der Waals surface area (Å²) in [6.07, 6.45) is -2.32. The van der Waals surface area contributed by atoms with E-state index in [1.54, 1.807) is 17.0 Å². The molecule has 0 aliphatic carbocycles. The molecular weight excluding hydrogens is 323 g/mol. The van der Waals surface area contributed by atoms with E-state index in [1.807, 2.05) is 6.07 Å². The number of fused-ring (bicyclic) bond motifs is 1. The second-order valence-corrected chi connectivity index (χ2v) is 5.28. The molecule has 3 aromatic rings. The zero-order valence-corrected chi connectivity index (χ0v) is 12.3. The largest absolute Gasteiger partial charge is 0.573 e. The first-order valence-corrected chi connectivity index (χ1v) is 7.27. The third kappa shape index (κ3) is 2.60. The van der Waals surface area contributed by atoms with Gasteiger partial charge in [-0.05, 0) is 42.8 Å². The van der Waals surface area contributed by atoms with Gasteiger partial charge in [0, 0.05) is 12.1 Å². The van der Waals surface area contributed by atoms with Crippen molar-refractivity contribution < 1.29 is 22.3 Å². The van der Waals surface area contributed by atoms with E-state index < -0.39 is 6.36 Å². The smallest absolute Gasteiger partial charge is 0.463 e. The lowest BCUT2D eigenvalue weighted by molar-refractivity contribution is -0.274. The van der Waals surface area contributed by atoms with Gasteiger partial charge < -0.3 is 14.5 Å². The van der Waals surface area contributed by atoms with Crippen LogP contribution < -0.4 is 10.1 Å². The Bertz CT molecular complexity index is 852. The highest BCUT2D eigenvalue weighted by Crippen LogP contribution is 2.35. The molecule has 1 aliphatic heterocycles. The highest BCUT2D eigenvalue weighted by atomic mass is 19.4. The minimum absolute atomic E-state index is 0.269. The summed E-state index contributed by atoms with van der Waals surface area (Å²) in [5.41, 5.74) is 2.39. The number of nitrogens with one attached hydrogen (secondary N) is 1. The van der Waals surface area contributed by atoms with Crippen LogP contribution in [-0.4, -0.2) is 22.7 Å². The standard InChI is InChI=1S/C16H12F3N3O2/c17-16(18,19)24-11-5-3-10(4-6-11)22-15-12(7-8-20-15)14(21-22)13-2-1-9-23-13/h1-6,9,20H,7-8H2. The van der Waals surface area contributed by atoms with Crippen LogP contribution in [0.2, 0.25) is 0 Å². The predicted molar refractivity (Wildman–Crippen MR) is 80.1 cm³/mol. The molecule has 8 heteroatoms. The van der Waals surface area contributed by atoms with Crippen molar-refractivity contribution in [2.24, 2.45) is 0 Å². The van der Waals surface area contributed by atoms with Crippen LogP contribution >= 0.6 is 0 Å². The van der Waals surface area contributed by atoms with E-state index in [1.165, 1.54) is 24.3 Å². The third-order valence-corrected chi connectivity index (χ3v) is 3.72. The molecule has 5 nitrogen and oxygen atoms in total. The summed E-state index contributed by atoms with van der Waals surface area (Å²) in [6, 6.07) is 9.19. The monoisotopic (exact) mass is 335 g/mol. The molecule has 0 radical (unpaired) electrons. The molecular formula is C16H12F3N3O2. The van der Waals surface area contributed by atoms with E-state index in [0.717, 1.165) is 30.0 Å². The van der Waals surface area contributed by atoms with Crippen molar-refractivity contribution in [2.45, 2.75) is 12.8 Å². The zero-order chi connectivity index (χ0) is 16.7. The van der Waals surface area contributed by atoms with E-state index in [2.05, 4.69) is 15.2 Å². The molecule has 3 heterocycles. The molecule has 1 aromatic carbocycles. The molecule has 2 aromatic heterocycles. The molecule has 0 saturated carbocycles. The number of hydrogen-bond acceptors (Lipinski definition) is 4. The zero-order valence-electron chi connectivity index (χ0n) is 12.3. The molecule has 0 saturated heterocycles. The molecule has 124 valence electrons.